The lowest BCUT2D eigenvalue weighted by Gasteiger charge is -2.25. The molecule has 0 heterocycles. The van der Waals surface area contributed by atoms with Crippen molar-refractivity contribution in [3.63, 3.8) is 0 Å². The van der Waals surface area contributed by atoms with Crippen molar-refractivity contribution in [2.75, 3.05) is 6.61 Å². The Morgan fingerprint density at radius 3 is 2.50 bits per heavy atom. The van der Waals surface area contributed by atoms with E-state index in [9.17, 15) is 13.9 Å². The number of halogens is 2. The molecule has 16 heavy (non-hydrogen) atoms. The Hall–Kier alpha value is -1.16. The van der Waals surface area contributed by atoms with Crippen molar-refractivity contribution in [2.45, 2.75) is 26.9 Å². The molecule has 0 saturated carbocycles. The molecule has 0 aliphatic rings. The van der Waals surface area contributed by atoms with Gasteiger partial charge in [0.05, 0.1) is 6.10 Å². The lowest BCUT2D eigenvalue weighted by molar-refractivity contribution is 0.0205. The Morgan fingerprint density at radius 2 is 1.94 bits per heavy atom. The number of aliphatic hydroxyl groups excluding tert-OH is 1. The minimum absolute atomic E-state index is 0.0656. The van der Waals surface area contributed by atoms with Gasteiger partial charge in [0, 0.05) is 0 Å². The first-order valence-corrected chi connectivity index (χ1v) is 5.07. The van der Waals surface area contributed by atoms with E-state index in [0.29, 0.717) is 0 Å². The summed E-state index contributed by atoms with van der Waals surface area (Å²) in [6.45, 7) is 5.44. The molecule has 4 heteroatoms. The first kappa shape index (κ1) is 12.9. The number of hydrogen-bond donors (Lipinski definition) is 1. The van der Waals surface area contributed by atoms with E-state index in [-0.39, 0.29) is 17.8 Å². The molecule has 1 aromatic carbocycles. The van der Waals surface area contributed by atoms with Crippen LogP contribution in [0.3, 0.4) is 0 Å². The average Bonchev–Trinajstić information content (AvgIpc) is 2.18. The van der Waals surface area contributed by atoms with E-state index in [0.717, 1.165) is 6.07 Å². The summed E-state index contributed by atoms with van der Waals surface area (Å²) in [5.74, 6) is -2.16. The highest BCUT2D eigenvalue weighted by molar-refractivity contribution is 5.25. The van der Waals surface area contributed by atoms with Gasteiger partial charge in [0.2, 0.25) is 5.82 Å². The van der Waals surface area contributed by atoms with Crippen molar-refractivity contribution in [3.05, 3.63) is 29.8 Å². The van der Waals surface area contributed by atoms with Gasteiger partial charge in [-0.3, -0.25) is 0 Å². The maximum atomic E-state index is 13.2. The number of rotatable bonds is 3. The quantitative estimate of drug-likeness (QED) is 0.865. The van der Waals surface area contributed by atoms with Crippen LogP contribution in [0.4, 0.5) is 8.78 Å². The first-order chi connectivity index (χ1) is 7.32. The van der Waals surface area contributed by atoms with E-state index in [1.165, 1.54) is 12.1 Å². The van der Waals surface area contributed by atoms with Gasteiger partial charge in [0.15, 0.2) is 11.6 Å². The van der Waals surface area contributed by atoms with Gasteiger partial charge in [-0.2, -0.15) is 4.39 Å². The van der Waals surface area contributed by atoms with E-state index in [2.05, 4.69) is 0 Å². The van der Waals surface area contributed by atoms with Gasteiger partial charge in [0.1, 0.15) is 6.61 Å². The maximum absolute atomic E-state index is 13.2. The fourth-order valence-electron chi connectivity index (χ4n) is 1.01. The highest BCUT2D eigenvalue weighted by Gasteiger charge is 2.23. The molecule has 0 bridgehead atoms. The molecule has 1 unspecified atom stereocenters. The Morgan fingerprint density at radius 1 is 1.31 bits per heavy atom. The van der Waals surface area contributed by atoms with Crippen molar-refractivity contribution >= 4 is 0 Å². The van der Waals surface area contributed by atoms with Crippen LogP contribution < -0.4 is 4.74 Å². The van der Waals surface area contributed by atoms with Crippen LogP contribution in [0.25, 0.3) is 0 Å². The molecule has 0 aliphatic heterocycles. The molecule has 0 fully saturated rings. The number of ether oxygens (including phenoxy) is 1. The van der Waals surface area contributed by atoms with Crippen LogP contribution in [0.1, 0.15) is 20.8 Å². The third-order valence-corrected chi connectivity index (χ3v) is 2.31. The normalized spacial score (nSPS) is 13.6. The second kappa shape index (κ2) is 4.78. The summed E-state index contributed by atoms with van der Waals surface area (Å²) in [4.78, 5) is 0. The van der Waals surface area contributed by atoms with Crippen LogP contribution in [0, 0.1) is 17.0 Å². The van der Waals surface area contributed by atoms with Crippen LogP contribution in [0.2, 0.25) is 0 Å². The van der Waals surface area contributed by atoms with E-state index < -0.39 is 17.7 Å². The molecule has 90 valence electrons. The maximum Gasteiger partial charge on any atom is 0.200 e. The summed E-state index contributed by atoms with van der Waals surface area (Å²) >= 11 is 0. The number of benzene rings is 1. The van der Waals surface area contributed by atoms with Crippen molar-refractivity contribution in [2.24, 2.45) is 5.41 Å². The standard InChI is InChI=1S/C12H16F2O2/c1-12(2,3)10(15)7-16-9-6-4-5-8(13)11(9)14/h4-6,10,15H,7H2,1-3H3. The number of hydrogen-bond acceptors (Lipinski definition) is 2. The second-order valence-electron chi connectivity index (χ2n) is 4.74. The van der Waals surface area contributed by atoms with E-state index in [1.54, 1.807) is 0 Å². The van der Waals surface area contributed by atoms with Gasteiger partial charge < -0.3 is 9.84 Å². The zero-order valence-corrected chi connectivity index (χ0v) is 9.63. The third-order valence-electron chi connectivity index (χ3n) is 2.31. The van der Waals surface area contributed by atoms with Crippen LogP contribution in [-0.4, -0.2) is 17.8 Å². The van der Waals surface area contributed by atoms with Gasteiger partial charge in [0.25, 0.3) is 0 Å². The monoisotopic (exact) mass is 230 g/mol. The Balaban J connectivity index is 2.65. The molecule has 0 aliphatic carbocycles. The Labute approximate surface area is 93.9 Å². The lowest BCUT2D eigenvalue weighted by atomic mass is 9.90. The summed E-state index contributed by atoms with van der Waals surface area (Å²) in [5, 5.41) is 9.67. The molecule has 2 nitrogen and oxygen atoms in total. The summed E-state index contributed by atoms with van der Waals surface area (Å²) in [6, 6.07) is 3.70. The van der Waals surface area contributed by atoms with Gasteiger partial charge in [-0.15, -0.1) is 0 Å². The molecule has 1 N–H and O–H groups in total. The van der Waals surface area contributed by atoms with Gasteiger partial charge in [-0.25, -0.2) is 4.39 Å². The van der Waals surface area contributed by atoms with Crippen molar-refractivity contribution in [1.82, 2.24) is 0 Å². The predicted molar refractivity (Wildman–Crippen MR) is 57.3 cm³/mol. The van der Waals surface area contributed by atoms with E-state index >= 15 is 0 Å². The zero-order chi connectivity index (χ0) is 12.3. The van der Waals surface area contributed by atoms with Crippen LogP contribution in [-0.2, 0) is 0 Å². The summed E-state index contributed by atoms with van der Waals surface area (Å²) in [5.41, 5.74) is -0.357. The fourth-order valence-corrected chi connectivity index (χ4v) is 1.01. The smallest absolute Gasteiger partial charge is 0.200 e. The molecule has 1 rings (SSSR count). The molecule has 0 aromatic heterocycles. The van der Waals surface area contributed by atoms with Crippen LogP contribution in [0.5, 0.6) is 5.75 Å². The topological polar surface area (TPSA) is 29.5 Å². The molecule has 0 amide bonds. The highest BCUT2D eigenvalue weighted by Crippen LogP contribution is 2.23. The van der Waals surface area contributed by atoms with E-state index in [4.69, 9.17) is 4.74 Å². The molecule has 1 aromatic rings. The SMILES string of the molecule is CC(C)(C)C(O)COc1cccc(F)c1F. The highest BCUT2D eigenvalue weighted by atomic mass is 19.2. The van der Waals surface area contributed by atoms with Gasteiger partial charge >= 0.3 is 0 Å². The minimum Gasteiger partial charge on any atom is -0.488 e. The fraction of sp³-hybridized carbons (Fsp3) is 0.500. The number of aliphatic hydroxyl groups is 1. The van der Waals surface area contributed by atoms with Crippen molar-refractivity contribution in [3.8, 4) is 5.75 Å². The third kappa shape index (κ3) is 3.17. The van der Waals surface area contributed by atoms with Crippen molar-refractivity contribution < 1.29 is 18.6 Å². The predicted octanol–water partition coefficient (Wildman–Crippen LogP) is 2.75. The molecule has 0 saturated heterocycles. The largest absolute Gasteiger partial charge is 0.488 e. The van der Waals surface area contributed by atoms with E-state index in [1.807, 2.05) is 20.8 Å². The van der Waals surface area contributed by atoms with Gasteiger partial charge in [-0.1, -0.05) is 26.8 Å². The van der Waals surface area contributed by atoms with Crippen molar-refractivity contribution in [1.29, 1.82) is 0 Å². The summed E-state index contributed by atoms with van der Waals surface area (Å²) in [6.07, 6.45) is -0.741. The van der Waals surface area contributed by atoms with Gasteiger partial charge in [-0.05, 0) is 17.5 Å². The molecule has 1 atom stereocenters. The average molecular weight is 230 g/mol. The van der Waals surface area contributed by atoms with Crippen LogP contribution in [0.15, 0.2) is 18.2 Å². The first-order valence-electron chi connectivity index (χ1n) is 5.07. The second-order valence-corrected chi connectivity index (χ2v) is 4.74. The zero-order valence-electron chi connectivity index (χ0n) is 9.63. The molecule has 0 radical (unpaired) electrons. The minimum atomic E-state index is -1.02. The lowest BCUT2D eigenvalue weighted by Crippen LogP contribution is -2.32. The summed E-state index contributed by atoms with van der Waals surface area (Å²) in [7, 11) is 0. The molecule has 0 spiro atoms. The Bertz CT molecular complexity index is 359. The van der Waals surface area contributed by atoms with Crippen LogP contribution >= 0.6 is 0 Å². The Kier molecular flexibility index (Phi) is 3.86. The molecular formula is C12H16F2O2. The molecular weight excluding hydrogens is 214 g/mol. The summed E-state index contributed by atoms with van der Waals surface area (Å²) < 4.78 is 31.0.